The minimum atomic E-state index is -0.0485. The van der Waals surface area contributed by atoms with Gasteiger partial charge in [0.05, 0.1) is 0 Å². The molecule has 0 N–H and O–H groups in total. The number of amides is 1. The Morgan fingerprint density at radius 1 is 0.933 bits per heavy atom. The number of piperidine rings is 1. The Morgan fingerprint density at radius 3 is 2.00 bits per heavy atom. The van der Waals surface area contributed by atoms with Crippen LogP contribution in [-0.2, 0) is 9.59 Å². The standard InChI is InChI=1S/C23H25Cl2NO4/c1-16-13-26(23(28)15-30-22-8-4-19(25)5-9-22)11-10-17(16)12-20(27)14-29-21-6-2-18(24)3-7-21/h2-9,16-17H,10-15H2,1H3. The van der Waals surface area contributed by atoms with E-state index in [2.05, 4.69) is 6.92 Å². The van der Waals surface area contributed by atoms with Gasteiger partial charge in [0.25, 0.3) is 5.91 Å². The van der Waals surface area contributed by atoms with Gasteiger partial charge in [0.15, 0.2) is 12.4 Å². The second-order valence-corrected chi connectivity index (χ2v) is 8.47. The van der Waals surface area contributed by atoms with Gasteiger partial charge in [0.1, 0.15) is 18.1 Å². The molecule has 2 unspecified atom stereocenters. The number of nitrogens with zero attached hydrogens (tertiary/aromatic N) is 1. The highest BCUT2D eigenvalue weighted by atomic mass is 35.5. The number of ketones is 1. The molecule has 1 saturated heterocycles. The van der Waals surface area contributed by atoms with Crippen molar-refractivity contribution in [2.75, 3.05) is 26.3 Å². The molecule has 1 aliphatic rings. The Bertz CT molecular complexity index is 855. The second kappa shape index (κ2) is 10.7. The van der Waals surface area contributed by atoms with Crippen LogP contribution in [-0.4, -0.2) is 42.9 Å². The van der Waals surface area contributed by atoms with Gasteiger partial charge in [-0.15, -0.1) is 0 Å². The number of carbonyl (C=O) groups is 2. The molecule has 0 radical (unpaired) electrons. The first kappa shape index (κ1) is 22.4. The van der Waals surface area contributed by atoms with Gasteiger partial charge in [-0.25, -0.2) is 0 Å². The number of ether oxygens (including phenoxy) is 2. The monoisotopic (exact) mass is 449 g/mol. The van der Waals surface area contributed by atoms with E-state index >= 15 is 0 Å². The first-order valence-corrected chi connectivity index (χ1v) is 10.7. The lowest BCUT2D eigenvalue weighted by Crippen LogP contribution is -2.45. The lowest BCUT2D eigenvalue weighted by atomic mass is 9.83. The third-order valence-corrected chi connectivity index (χ3v) is 5.82. The minimum absolute atomic E-state index is 0.00706. The normalized spacial score (nSPS) is 18.7. The number of likely N-dealkylation sites (tertiary alicyclic amines) is 1. The third kappa shape index (κ3) is 6.64. The Morgan fingerprint density at radius 2 is 1.47 bits per heavy atom. The number of carbonyl (C=O) groups excluding carboxylic acids is 2. The van der Waals surface area contributed by atoms with E-state index in [1.807, 2.05) is 4.90 Å². The molecular formula is C23H25Cl2NO4. The zero-order chi connectivity index (χ0) is 21.5. The van der Waals surface area contributed by atoms with Gasteiger partial charge in [0.2, 0.25) is 0 Å². The highest BCUT2D eigenvalue weighted by molar-refractivity contribution is 6.30. The van der Waals surface area contributed by atoms with Crippen molar-refractivity contribution < 1.29 is 19.1 Å². The summed E-state index contributed by atoms with van der Waals surface area (Å²) in [5.41, 5.74) is 0. The molecule has 2 aromatic carbocycles. The fourth-order valence-electron chi connectivity index (χ4n) is 3.54. The van der Waals surface area contributed by atoms with Crippen LogP contribution in [0.25, 0.3) is 0 Å². The van der Waals surface area contributed by atoms with Crippen LogP contribution in [0, 0.1) is 11.8 Å². The predicted molar refractivity (Wildman–Crippen MR) is 117 cm³/mol. The smallest absolute Gasteiger partial charge is 0.260 e. The molecule has 0 aromatic heterocycles. The zero-order valence-electron chi connectivity index (χ0n) is 16.9. The summed E-state index contributed by atoms with van der Waals surface area (Å²) in [6, 6.07) is 13.9. The topological polar surface area (TPSA) is 55.8 Å². The van der Waals surface area contributed by atoms with Crippen molar-refractivity contribution in [3.63, 3.8) is 0 Å². The average molecular weight is 450 g/mol. The van der Waals surface area contributed by atoms with Gasteiger partial charge in [-0.1, -0.05) is 30.1 Å². The van der Waals surface area contributed by atoms with Crippen LogP contribution in [0.5, 0.6) is 11.5 Å². The fraction of sp³-hybridized carbons (Fsp3) is 0.391. The number of hydrogen-bond donors (Lipinski definition) is 0. The third-order valence-electron chi connectivity index (χ3n) is 5.31. The molecule has 1 amide bonds. The van der Waals surface area contributed by atoms with Crippen LogP contribution in [0.1, 0.15) is 19.8 Å². The van der Waals surface area contributed by atoms with E-state index in [0.29, 0.717) is 41.1 Å². The molecule has 0 bridgehead atoms. The quantitative estimate of drug-likeness (QED) is 0.575. The lowest BCUT2D eigenvalue weighted by Gasteiger charge is -2.36. The molecule has 0 saturated carbocycles. The van der Waals surface area contributed by atoms with Gasteiger partial charge in [0, 0.05) is 29.6 Å². The first-order valence-electron chi connectivity index (χ1n) is 9.97. The van der Waals surface area contributed by atoms with Crippen molar-refractivity contribution in [3.8, 4) is 11.5 Å². The average Bonchev–Trinajstić information content (AvgIpc) is 2.74. The number of hydrogen-bond acceptors (Lipinski definition) is 4. The van der Waals surface area contributed by atoms with E-state index in [0.717, 1.165) is 6.42 Å². The molecule has 2 atom stereocenters. The van der Waals surface area contributed by atoms with Crippen molar-refractivity contribution in [3.05, 3.63) is 58.6 Å². The summed E-state index contributed by atoms with van der Waals surface area (Å²) >= 11 is 11.7. The Balaban J connectivity index is 1.40. The molecular weight excluding hydrogens is 425 g/mol. The van der Waals surface area contributed by atoms with Crippen LogP contribution in [0.15, 0.2) is 48.5 Å². The molecule has 0 spiro atoms. The summed E-state index contributed by atoms with van der Waals surface area (Å²) < 4.78 is 11.1. The summed E-state index contributed by atoms with van der Waals surface area (Å²) in [5.74, 6) is 1.73. The van der Waals surface area contributed by atoms with Crippen molar-refractivity contribution >= 4 is 34.9 Å². The van der Waals surface area contributed by atoms with Crippen LogP contribution in [0.2, 0.25) is 10.0 Å². The molecule has 160 valence electrons. The van der Waals surface area contributed by atoms with Gasteiger partial charge < -0.3 is 14.4 Å². The highest BCUT2D eigenvalue weighted by Gasteiger charge is 2.30. The van der Waals surface area contributed by atoms with Crippen LogP contribution in [0.3, 0.4) is 0 Å². The Kier molecular flexibility index (Phi) is 8.00. The lowest BCUT2D eigenvalue weighted by molar-refractivity contribution is -0.136. The molecule has 7 heteroatoms. The van der Waals surface area contributed by atoms with Crippen LogP contribution in [0.4, 0.5) is 0 Å². The SMILES string of the molecule is CC1CN(C(=O)COc2ccc(Cl)cc2)CCC1CC(=O)COc1ccc(Cl)cc1. The molecule has 3 rings (SSSR count). The van der Waals surface area contributed by atoms with Crippen LogP contribution >= 0.6 is 23.2 Å². The summed E-state index contributed by atoms with van der Waals surface area (Å²) in [6.45, 7) is 3.37. The molecule has 2 aromatic rings. The van der Waals surface area contributed by atoms with E-state index < -0.39 is 0 Å². The van der Waals surface area contributed by atoms with Crippen molar-refractivity contribution in [2.45, 2.75) is 19.8 Å². The summed E-state index contributed by atoms with van der Waals surface area (Å²) in [5, 5.41) is 1.25. The fourth-order valence-corrected chi connectivity index (χ4v) is 3.79. The number of halogens is 2. The van der Waals surface area contributed by atoms with Gasteiger partial charge >= 0.3 is 0 Å². The molecule has 1 fully saturated rings. The highest BCUT2D eigenvalue weighted by Crippen LogP contribution is 2.27. The summed E-state index contributed by atoms with van der Waals surface area (Å²) in [6.07, 6.45) is 1.25. The summed E-state index contributed by atoms with van der Waals surface area (Å²) in [4.78, 5) is 26.6. The molecule has 5 nitrogen and oxygen atoms in total. The Labute approximate surface area is 186 Å². The number of Topliss-reactive ketones (excluding diaryl/α,β-unsaturated/α-hetero) is 1. The minimum Gasteiger partial charge on any atom is -0.486 e. The number of benzene rings is 2. The van der Waals surface area contributed by atoms with E-state index in [1.54, 1.807) is 48.5 Å². The Hall–Kier alpha value is -2.24. The van der Waals surface area contributed by atoms with Crippen molar-refractivity contribution in [2.24, 2.45) is 11.8 Å². The predicted octanol–water partition coefficient (Wildman–Crippen LogP) is 4.90. The number of rotatable bonds is 8. The summed E-state index contributed by atoms with van der Waals surface area (Å²) in [7, 11) is 0. The van der Waals surface area contributed by atoms with E-state index in [1.165, 1.54) is 0 Å². The van der Waals surface area contributed by atoms with Gasteiger partial charge in [-0.3, -0.25) is 9.59 Å². The van der Waals surface area contributed by atoms with E-state index in [-0.39, 0.29) is 36.7 Å². The maximum atomic E-state index is 12.5. The second-order valence-electron chi connectivity index (χ2n) is 7.59. The maximum absolute atomic E-state index is 12.5. The van der Waals surface area contributed by atoms with Crippen molar-refractivity contribution in [1.29, 1.82) is 0 Å². The molecule has 0 aliphatic carbocycles. The van der Waals surface area contributed by atoms with E-state index in [4.69, 9.17) is 32.7 Å². The molecule has 1 aliphatic heterocycles. The van der Waals surface area contributed by atoms with Gasteiger partial charge in [-0.2, -0.15) is 0 Å². The van der Waals surface area contributed by atoms with Gasteiger partial charge in [-0.05, 0) is 66.8 Å². The largest absolute Gasteiger partial charge is 0.486 e. The molecule has 30 heavy (non-hydrogen) atoms. The zero-order valence-corrected chi connectivity index (χ0v) is 18.4. The maximum Gasteiger partial charge on any atom is 0.260 e. The van der Waals surface area contributed by atoms with Crippen LogP contribution < -0.4 is 9.47 Å². The molecule has 1 heterocycles. The van der Waals surface area contributed by atoms with Crippen molar-refractivity contribution in [1.82, 2.24) is 4.90 Å². The van der Waals surface area contributed by atoms with E-state index in [9.17, 15) is 9.59 Å². The first-order chi connectivity index (χ1) is 14.4.